The van der Waals surface area contributed by atoms with Gasteiger partial charge in [-0.05, 0) is 38.2 Å². The van der Waals surface area contributed by atoms with E-state index in [2.05, 4.69) is 33.1 Å². The van der Waals surface area contributed by atoms with Gasteiger partial charge in [0.1, 0.15) is 6.54 Å². The maximum atomic E-state index is 12.0. The van der Waals surface area contributed by atoms with Crippen molar-refractivity contribution in [1.29, 1.82) is 0 Å². The second kappa shape index (κ2) is 14.0. The van der Waals surface area contributed by atoms with Crippen molar-refractivity contribution in [2.24, 2.45) is 4.99 Å². The van der Waals surface area contributed by atoms with E-state index < -0.39 is 0 Å². The number of carbonyl (C=O) groups is 1. The number of guanidine groups is 1. The lowest BCUT2D eigenvalue weighted by Crippen LogP contribution is -2.39. The van der Waals surface area contributed by atoms with E-state index in [4.69, 9.17) is 9.47 Å². The van der Waals surface area contributed by atoms with Crippen LogP contribution >= 0.6 is 0 Å². The Morgan fingerprint density at radius 3 is 2.82 bits per heavy atom. The van der Waals surface area contributed by atoms with E-state index in [9.17, 15) is 4.79 Å². The fourth-order valence-electron chi connectivity index (χ4n) is 2.91. The minimum atomic E-state index is -0.0759. The van der Waals surface area contributed by atoms with Crippen LogP contribution in [0.25, 0.3) is 0 Å². The normalized spacial score (nSPS) is 16.8. The Bertz CT molecular complexity index is 574. The summed E-state index contributed by atoms with van der Waals surface area (Å²) < 4.78 is 11.2. The van der Waals surface area contributed by atoms with E-state index in [1.54, 1.807) is 0 Å². The van der Waals surface area contributed by atoms with Gasteiger partial charge in [0, 0.05) is 32.8 Å². The Labute approximate surface area is 168 Å². The third-order valence-corrected chi connectivity index (χ3v) is 4.39. The van der Waals surface area contributed by atoms with Crippen molar-refractivity contribution in [3.05, 3.63) is 35.9 Å². The first-order valence-electron chi connectivity index (χ1n) is 10.3. The van der Waals surface area contributed by atoms with Crippen LogP contribution in [0.15, 0.2) is 35.3 Å². The molecule has 0 bridgehead atoms. The fraction of sp³-hybridized carbons (Fsp3) is 0.619. The zero-order chi connectivity index (χ0) is 19.9. The van der Waals surface area contributed by atoms with Gasteiger partial charge in [-0.15, -0.1) is 0 Å². The molecule has 0 spiro atoms. The summed E-state index contributed by atoms with van der Waals surface area (Å²) in [7, 11) is 0. The van der Waals surface area contributed by atoms with Gasteiger partial charge < -0.3 is 25.4 Å². The average molecular weight is 391 g/mol. The minimum Gasteiger partial charge on any atom is -0.379 e. The molecule has 0 radical (unpaired) electrons. The summed E-state index contributed by atoms with van der Waals surface area (Å²) in [5.74, 6) is 0.577. The summed E-state index contributed by atoms with van der Waals surface area (Å²) >= 11 is 0. The van der Waals surface area contributed by atoms with Gasteiger partial charge in [-0.25, -0.2) is 4.99 Å². The molecule has 1 amide bonds. The third-order valence-electron chi connectivity index (χ3n) is 4.39. The van der Waals surface area contributed by atoms with Gasteiger partial charge in [0.05, 0.1) is 12.7 Å². The van der Waals surface area contributed by atoms with Gasteiger partial charge in [0.15, 0.2) is 5.96 Å². The topological polar surface area (TPSA) is 84.0 Å². The number of ether oxygens (including phenoxy) is 2. The van der Waals surface area contributed by atoms with E-state index in [0.717, 1.165) is 45.4 Å². The second-order valence-corrected chi connectivity index (χ2v) is 6.77. The quantitative estimate of drug-likeness (QED) is 0.286. The molecule has 0 aliphatic carbocycles. The Hall–Kier alpha value is -2.12. The third kappa shape index (κ3) is 9.71. The standard InChI is InChI=1S/C21H34N4O3/c1-2-22-21(24-12-7-14-27-17-19-10-6-15-28-19)25-16-20(26)23-13-11-18-8-4-3-5-9-18/h3-5,8-9,19H,2,6-7,10-17H2,1H3,(H,23,26)(H2,22,24,25). The fourth-order valence-corrected chi connectivity index (χ4v) is 2.91. The lowest BCUT2D eigenvalue weighted by molar-refractivity contribution is -0.119. The summed E-state index contributed by atoms with van der Waals surface area (Å²) in [5, 5.41) is 9.29. The van der Waals surface area contributed by atoms with E-state index in [1.807, 2.05) is 25.1 Å². The molecule has 1 aromatic carbocycles. The molecule has 1 aromatic rings. The maximum Gasteiger partial charge on any atom is 0.241 e. The first-order chi connectivity index (χ1) is 13.8. The van der Waals surface area contributed by atoms with Gasteiger partial charge in [-0.2, -0.15) is 0 Å². The monoisotopic (exact) mass is 390 g/mol. The number of carbonyl (C=O) groups excluding carboxylic acids is 1. The highest BCUT2D eigenvalue weighted by molar-refractivity contribution is 5.84. The molecule has 3 N–H and O–H groups in total. The maximum absolute atomic E-state index is 12.0. The molecule has 28 heavy (non-hydrogen) atoms. The van der Waals surface area contributed by atoms with Gasteiger partial charge >= 0.3 is 0 Å². The number of hydrogen-bond donors (Lipinski definition) is 3. The molecule has 1 saturated heterocycles. The number of benzene rings is 1. The van der Waals surface area contributed by atoms with Crippen LogP contribution in [0.3, 0.4) is 0 Å². The first kappa shape index (κ1) is 22.2. The molecule has 7 heteroatoms. The molecule has 1 atom stereocenters. The van der Waals surface area contributed by atoms with E-state index >= 15 is 0 Å². The van der Waals surface area contributed by atoms with Crippen molar-refractivity contribution >= 4 is 11.9 Å². The molecule has 2 rings (SSSR count). The van der Waals surface area contributed by atoms with Crippen LogP contribution in [0.5, 0.6) is 0 Å². The second-order valence-electron chi connectivity index (χ2n) is 6.77. The smallest absolute Gasteiger partial charge is 0.241 e. The number of nitrogens with one attached hydrogen (secondary N) is 3. The molecule has 1 aliphatic rings. The van der Waals surface area contributed by atoms with E-state index in [-0.39, 0.29) is 18.6 Å². The Balaban J connectivity index is 1.56. The summed E-state index contributed by atoms with van der Waals surface area (Å²) in [4.78, 5) is 16.3. The van der Waals surface area contributed by atoms with Crippen molar-refractivity contribution in [2.45, 2.75) is 38.7 Å². The molecular formula is C21H34N4O3. The summed E-state index contributed by atoms with van der Waals surface area (Å²) in [6, 6.07) is 10.1. The van der Waals surface area contributed by atoms with Crippen molar-refractivity contribution in [2.75, 3.05) is 46.0 Å². The molecule has 1 heterocycles. The van der Waals surface area contributed by atoms with Crippen LogP contribution in [-0.2, 0) is 20.7 Å². The molecule has 0 aromatic heterocycles. The molecule has 1 unspecified atom stereocenters. The lowest BCUT2D eigenvalue weighted by Gasteiger charge is -2.12. The SMILES string of the molecule is CCNC(=NCC(=O)NCCc1ccccc1)NCCCOCC1CCCO1. The van der Waals surface area contributed by atoms with Crippen LogP contribution < -0.4 is 16.0 Å². The molecular weight excluding hydrogens is 356 g/mol. The Kier molecular flexibility index (Phi) is 11.1. The van der Waals surface area contributed by atoms with Crippen LogP contribution in [0.4, 0.5) is 0 Å². The number of nitrogens with zero attached hydrogens (tertiary/aromatic N) is 1. The summed E-state index contributed by atoms with van der Waals surface area (Å²) in [6.45, 7) is 6.44. The van der Waals surface area contributed by atoms with Crippen molar-refractivity contribution in [3.63, 3.8) is 0 Å². The van der Waals surface area contributed by atoms with Crippen LogP contribution in [0.1, 0.15) is 31.7 Å². The van der Waals surface area contributed by atoms with Gasteiger partial charge in [-0.3, -0.25) is 4.79 Å². The molecule has 0 saturated carbocycles. The zero-order valence-electron chi connectivity index (χ0n) is 16.9. The molecule has 7 nitrogen and oxygen atoms in total. The predicted octanol–water partition coefficient (Wildman–Crippen LogP) is 1.49. The highest BCUT2D eigenvalue weighted by atomic mass is 16.5. The predicted molar refractivity (Wildman–Crippen MR) is 112 cm³/mol. The molecule has 1 fully saturated rings. The highest BCUT2D eigenvalue weighted by Crippen LogP contribution is 2.11. The lowest BCUT2D eigenvalue weighted by atomic mass is 10.1. The van der Waals surface area contributed by atoms with Crippen molar-refractivity contribution < 1.29 is 14.3 Å². The molecule has 1 aliphatic heterocycles. The summed E-state index contributed by atoms with van der Waals surface area (Å²) in [5.41, 5.74) is 1.21. The van der Waals surface area contributed by atoms with Gasteiger partial charge in [0.25, 0.3) is 0 Å². The van der Waals surface area contributed by atoms with Crippen LogP contribution in [-0.4, -0.2) is 64.0 Å². The largest absolute Gasteiger partial charge is 0.379 e. The number of aliphatic imine (C=N–C) groups is 1. The highest BCUT2D eigenvalue weighted by Gasteiger charge is 2.14. The number of hydrogen-bond acceptors (Lipinski definition) is 4. The van der Waals surface area contributed by atoms with E-state index in [1.165, 1.54) is 5.56 Å². The zero-order valence-corrected chi connectivity index (χ0v) is 16.9. The average Bonchev–Trinajstić information content (AvgIpc) is 3.23. The van der Waals surface area contributed by atoms with Crippen LogP contribution in [0, 0.1) is 0 Å². The van der Waals surface area contributed by atoms with Crippen molar-refractivity contribution in [3.8, 4) is 0 Å². The number of rotatable bonds is 12. The summed E-state index contributed by atoms with van der Waals surface area (Å²) in [6.07, 6.45) is 4.20. The molecule has 156 valence electrons. The van der Waals surface area contributed by atoms with Crippen molar-refractivity contribution in [1.82, 2.24) is 16.0 Å². The first-order valence-corrected chi connectivity index (χ1v) is 10.3. The van der Waals surface area contributed by atoms with Crippen LogP contribution in [0.2, 0.25) is 0 Å². The Morgan fingerprint density at radius 1 is 1.21 bits per heavy atom. The van der Waals surface area contributed by atoms with E-state index in [0.29, 0.717) is 25.7 Å². The van der Waals surface area contributed by atoms with Gasteiger partial charge in [0.2, 0.25) is 5.91 Å². The minimum absolute atomic E-state index is 0.0759. The number of amides is 1. The van der Waals surface area contributed by atoms with Gasteiger partial charge in [-0.1, -0.05) is 30.3 Å². The Morgan fingerprint density at radius 2 is 2.07 bits per heavy atom.